The molecule has 0 fully saturated rings. The molecule has 7 heteroatoms. The van der Waals surface area contributed by atoms with Crippen molar-refractivity contribution in [1.82, 2.24) is 0 Å². The van der Waals surface area contributed by atoms with E-state index in [0.29, 0.717) is 11.1 Å². The standard InChI is InChI=1S/C14H14NO5P/c1-19-11-21(18,14-5-3-2-4-6-14)20-13-9-7-12(8-10-13)15(16)17/h2-10H,11H2,1H3. The van der Waals surface area contributed by atoms with Crippen molar-refractivity contribution in [2.24, 2.45) is 0 Å². The molecule has 2 rings (SSSR count). The van der Waals surface area contributed by atoms with E-state index in [9.17, 15) is 14.7 Å². The molecule has 6 nitrogen and oxygen atoms in total. The third-order valence-corrected chi connectivity index (χ3v) is 4.94. The summed E-state index contributed by atoms with van der Waals surface area (Å²) in [7, 11) is -1.79. The molecule has 0 aromatic heterocycles. The highest BCUT2D eigenvalue weighted by Crippen LogP contribution is 2.46. The molecule has 0 bridgehead atoms. The number of hydrogen-bond acceptors (Lipinski definition) is 5. The van der Waals surface area contributed by atoms with Crippen LogP contribution in [0.2, 0.25) is 0 Å². The van der Waals surface area contributed by atoms with Crippen LogP contribution in [-0.2, 0) is 9.30 Å². The molecule has 1 atom stereocenters. The lowest BCUT2D eigenvalue weighted by Crippen LogP contribution is -2.13. The van der Waals surface area contributed by atoms with Gasteiger partial charge in [-0.1, -0.05) is 18.2 Å². The Balaban J connectivity index is 2.28. The number of nitrogens with zero attached hydrogens (tertiary/aromatic N) is 1. The van der Waals surface area contributed by atoms with Crippen LogP contribution in [0.5, 0.6) is 5.75 Å². The zero-order valence-electron chi connectivity index (χ0n) is 11.3. The zero-order valence-corrected chi connectivity index (χ0v) is 12.2. The summed E-state index contributed by atoms with van der Waals surface area (Å²) in [6.07, 6.45) is -0.0754. The van der Waals surface area contributed by atoms with Crippen LogP contribution in [-0.4, -0.2) is 18.4 Å². The predicted octanol–water partition coefficient (Wildman–Crippen LogP) is 3.18. The second-order valence-electron chi connectivity index (χ2n) is 4.27. The quantitative estimate of drug-likeness (QED) is 0.465. The number of benzene rings is 2. The Morgan fingerprint density at radius 3 is 2.24 bits per heavy atom. The Morgan fingerprint density at radius 2 is 1.71 bits per heavy atom. The molecule has 0 aliphatic heterocycles. The van der Waals surface area contributed by atoms with Gasteiger partial charge in [-0.25, -0.2) is 0 Å². The van der Waals surface area contributed by atoms with E-state index in [1.807, 2.05) is 6.07 Å². The molecule has 1 unspecified atom stereocenters. The molecule has 0 saturated carbocycles. The Hall–Kier alpha value is -2.17. The van der Waals surface area contributed by atoms with Gasteiger partial charge in [-0.05, 0) is 24.3 Å². The van der Waals surface area contributed by atoms with Gasteiger partial charge in [-0.3, -0.25) is 14.7 Å². The fourth-order valence-electron chi connectivity index (χ4n) is 1.78. The zero-order chi connectivity index (χ0) is 15.3. The van der Waals surface area contributed by atoms with E-state index >= 15 is 0 Å². The maximum atomic E-state index is 12.9. The largest absolute Gasteiger partial charge is 0.438 e. The molecule has 0 saturated heterocycles. The molecule has 0 radical (unpaired) electrons. The molecule has 0 spiro atoms. The van der Waals surface area contributed by atoms with Crippen molar-refractivity contribution in [2.75, 3.05) is 13.5 Å². The lowest BCUT2D eigenvalue weighted by molar-refractivity contribution is -0.384. The smallest absolute Gasteiger partial charge is 0.302 e. The van der Waals surface area contributed by atoms with Gasteiger partial charge < -0.3 is 9.26 Å². The van der Waals surface area contributed by atoms with E-state index in [1.165, 1.54) is 31.4 Å². The van der Waals surface area contributed by atoms with Gasteiger partial charge in [0.25, 0.3) is 5.69 Å². The average Bonchev–Trinajstić information content (AvgIpc) is 2.49. The molecule has 0 N–H and O–H groups in total. The molecule has 2 aromatic carbocycles. The highest BCUT2D eigenvalue weighted by Gasteiger charge is 2.27. The van der Waals surface area contributed by atoms with Gasteiger partial charge in [0.05, 0.1) is 10.2 Å². The van der Waals surface area contributed by atoms with Crippen molar-refractivity contribution in [2.45, 2.75) is 0 Å². The van der Waals surface area contributed by atoms with Crippen molar-refractivity contribution in [3.8, 4) is 5.75 Å². The van der Waals surface area contributed by atoms with Gasteiger partial charge in [-0.15, -0.1) is 0 Å². The summed E-state index contributed by atoms with van der Waals surface area (Å²) in [6, 6.07) is 14.2. The van der Waals surface area contributed by atoms with Crippen molar-refractivity contribution in [3.05, 3.63) is 64.7 Å². The number of rotatable bonds is 6. The number of nitro benzene ring substituents is 1. The lowest BCUT2D eigenvalue weighted by atomic mass is 10.3. The summed E-state index contributed by atoms with van der Waals surface area (Å²) in [6.45, 7) is 0. The Morgan fingerprint density at radius 1 is 1.10 bits per heavy atom. The molecule has 0 amide bonds. The Kier molecular flexibility index (Phi) is 4.73. The summed E-state index contributed by atoms with van der Waals surface area (Å²) in [5.41, 5.74) is -0.0522. The summed E-state index contributed by atoms with van der Waals surface area (Å²) >= 11 is 0. The van der Waals surface area contributed by atoms with Crippen molar-refractivity contribution >= 4 is 18.4 Å². The minimum Gasteiger partial charge on any atom is -0.438 e. The van der Waals surface area contributed by atoms with Crippen LogP contribution in [0.4, 0.5) is 5.69 Å². The number of nitro groups is 1. The Bertz CT molecular complexity index is 657. The fourth-order valence-corrected chi connectivity index (χ4v) is 3.51. The number of non-ortho nitro benzene ring substituents is 1. The SMILES string of the molecule is COCP(=O)(Oc1ccc([N+](=O)[O-])cc1)c1ccccc1. The number of hydrogen-bond donors (Lipinski definition) is 0. The van der Waals surface area contributed by atoms with Crippen LogP contribution < -0.4 is 9.83 Å². The van der Waals surface area contributed by atoms with Gasteiger partial charge in [0, 0.05) is 19.2 Å². The summed E-state index contributed by atoms with van der Waals surface area (Å²) < 4.78 is 23.5. The maximum absolute atomic E-state index is 12.9. The summed E-state index contributed by atoms with van der Waals surface area (Å²) in [5.74, 6) is 0.296. The van der Waals surface area contributed by atoms with Crippen molar-refractivity contribution in [1.29, 1.82) is 0 Å². The first-order chi connectivity index (χ1) is 10.0. The first kappa shape index (κ1) is 15.2. The highest BCUT2D eigenvalue weighted by atomic mass is 31.2. The van der Waals surface area contributed by atoms with Gasteiger partial charge >= 0.3 is 7.37 Å². The third-order valence-electron chi connectivity index (χ3n) is 2.75. The topological polar surface area (TPSA) is 78.7 Å². The van der Waals surface area contributed by atoms with Crippen LogP contribution in [0.1, 0.15) is 0 Å². The molecule has 0 aliphatic carbocycles. The molecule has 0 aliphatic rings. The van der Waals surface area contributed by atoms with E-state index in [4.69, 9.17) is 9.26 Å². The van der Waals surface area contributed by atoms with Gasteiger partial charge in [0.15, 0.2) is 0 Å². The van der Waals surface area contributed by atoms with Crippen LogP contribution >= 0.6 is 7.37 Å². The minimum atomic E-state index is -3.22. The molecule has 21 heavy (non-hydrogen) atoms. The maximum Gasteiger partial charge on any atom is 0.302 e. The van der Waals surface area contributed by atoms with Gasteiger partial charge in [0.2, 0.25) is 0 Å². The van der Waals surface area contributed by atoms with Crippen LogP contribution in [0, 0.1) is 10.1 Å². The first-order valence-electron chi connectivity index (χ1n) is 6.13. The highest BCUT2D eigenvalue weighted by molar-refractivity contribution is 7.67. The molecule has 2 aromatic rings. The van der Waals surface area contributed by atoms with Crippen LogP contribution in [0.15, 0.2) is 54.6 Å². The molecule has 0 heterocycles. The number of methoxy groups -OCH3 is 1. The van der Waals surface area contributed by atoms with Crippen LogP contribution in [0.3, 0.4) is 0 Å². The van der Waals surface area contributed by atoms with Gasteiger partial charge in [0.1, 0.15) is 12.1 Å². The first-order valence-corrected chi connectivity index (χ1v) is 7.94. The lowest BCUT2D eigenvalue weighted by Gasteiger charge is -2.19. The molecular formula is C14H14NO5P. The van der Waals surface area contributed by atoms with Crippen molar-refractivity contribution < 1.29 is 18.7 Å². The fraction of sp³-hybridized carbons (Fsp3) is 0.143. The minimum absolute atomic E-state index is 0.0522. The van der Waals surface area contributed by atoms with E-state index in [1.54, 1.807) is 24.3 Å². The predicted molar refractivity (Wildman–Crippen MR) is 79.3 cm³/mol. The average molecular weight is 307 g/mol. The summed E-state index contributed by atoms with van der Waals surface area (Å²) in [5, 5.41) is 11.1. The second kappa shape index (κ2) is 6.52. The molecule has 110 valence electrons. The third kappa shape index (κ3) is 3.68. The normalized spacial score (nSPS) is 13.4. The molecular weight excluding hydrogens is 293 g/mol. The van der Waals surface area contributed by atoms with E-state index in [2.05, 4.69) is 0 Å². The van der Waals surface area contributed by atoms with Crippen LogP contribution in [0.25, 0.3) is 0 Å². The monoisotopic (exact) mass is 307 g/mol. The van der Waals surface area contributed by atoms with E-state index < -0.39 is 12.3 Å². The second-order valence-corrected chi connectivity index (χ2v) is 6.57. The number of ether oxygens (including phenoxy) is 1. The van der Waals surface area contributed by atoms with Crippen molar-refractivity contribution in [3.63, 3.8) is 0 Å². The van der Waals surface area contributed by atoms with Gasteiger partial charge in [-0.2, -0.15) is 0 Å². The Labute approximate surface area is 121 Å². The van der Waals surface area contributed by atoms with E-state index in [0.717, 1.165) is 0 Å². The van der Waals surface area contributed by atoms with E-state index in [-0.39, 0.29) is 12.0 Å². The summed E-state index contributed by atoms with van der Waals surface area (Å²) in [4.78, 5) is 10.1.